The van der Waals surface area contributed by atoms with Gasteiger partial charge in [-0.05, 0) is 11.0 Å². The topological polar surface area (TPSA) is 35.0 Å². The molecule has 1 nitrogen and oxygen atoms in total. The molecule has 0 fully saturated rings. The Bertz CT molecular complexity index is 11.6. The average Bonchev–Trinajstić information content (AvgIpc) is 0. The van der Waals surface area contributed by atoms with Crippen molar-refractivity contribution in [3.63, 3.8) is 0 Å². The zero-order chi connectivity index (χ0) is 0. The van der Waals surface area contributed by atoms with Crippen molar-refractivity contribution in [2.24, 2.45) is 0 Å². The predicted octanol–water partition coefficient (Wildman–Crippen LogP) is -3.66. The molecule has 38 valence electrons. The minimum absolute atomic E-state index is 0. The van der Waals surface area contributed by atoms with Gasteiger partial charge in [-0.3, -0.25) is 0 Å². The Morgan fingerprint density at radius 1 is 1.00 bits per heavy atom. The van der Waals surface area contributed by atoms with Gasteiger partial charge in [0.1, 0.15) is 0 Å². The van der Waals surface area contributed by atoms with Crippen LogP contribution >= 0.6 is 0 Å². The molecule has 0 saturated heterocycles. The molecular formula is H13BInNPdSi. The van der Waals surface area contributed by atoms with Crippen molar-refractivity contribution in [2.45, 2.75) is 0 Å². The second-order valence-electron chi connectivity index (χ2n) is 0. The molecule has 0 unspecified atom stereocenters. The minimum Gasteiger partial charge on any atom is -0.0149 e. The molecule has 0 aromatic carbocycles. The van der Waals surface area contributed by atoms with E-state index >= 15 is 0 Å². The first-order chi connectivity index (χ1) is 0. The van der Waals surface area contributed by atoms with Crippen molar-refractivity contribution in [2.75, 3.05) is 0 Å². The summed E-state index contributed by atoms with van der Waals surface area (Å²) in [5.74, 6) is 0. The fraction of sp³-hybridized carbons (Fsp3) is 0. The Labute approximate surface area is 71.3 Å². The van der Waals surface area contributed by atoms with Gasteiger partial charge < -0.3 is 6.15 Å². The second-order valence-corrected chi connectivity index (χ2v) is 0. The quantitative estimate of drug-likeness (QED) is 0.458. The molecule has 0 atom stereocenters. The van der Waals surface area contributed by atoms with Crippen LogP contribution in [0.15, 0.2) is 0 Å². The summed E-state index contributed by atoms with van der Waals surface area (Å²) in [6.07, 6.45) is 0. The number of hydrogen-bond acceptors (Lipinski definition) is 1. The van der Waals surface area contributed by atoms with Crippen LogP contribution in [0.25, 0.3) is 0 Å². The van der Waals surface area contributed by atoms with Gasteiger partial charge in [0.05, 0.1) is 8.41 Å². The summed E-state index contributed by atoms with van der Waals surface area (Å²) in [6, 6.07) is 0. The van der Waals surface area contributed by atoms with Crippen LogP contribution in [-0.4, -0.2) is 45.2 Å². The maximum atomic E-state index is 0. The Morgan fingerprint density at radius 3 is 1.00 bits per heavy atom. The largest absolute Gasteiger partial charge is 0.0149 e. The van der Waals surface area contributed by atoms with E-state index in [0.29, 0.717) is 0 Å². The molecule has 3 N–H and O–H groups in total. The van der Waals surface area contributed by atoms with Gasteiger partial charge in [-0.25, -0.2) is 0 Å². The second kappa shape index (κ2) is 41.8. The molecular weight excluding hydrogens is 274 g/mol. The predicted molar refractivity (Wildman–Crippen MR) is 36.2 cm³/mol. The van der Waals surface area contributed by atoms with Crippen molar-refractivity contribution >= 4 is 45.2 Å². The fourth-order valence-electron chi connectivity index (χ4n) is 0. The first-order valence-electron chi connectivity index (χ1n) is 0. The first kappa shape index (κ1) is 71.7. The van der Waals surface area contributed by atoms with Gasteiger partial charge >= 0.3 is 25.8 Å². The number of hydrogen-bond donors (Lipinski definition) is 1. The smallest absolute Gasteiger partial charge is 0 e. The molecule has 0 aliphatic carbocycles. The maximum Gasteiger partial charge on any atom is 0 e. The van der Waals surface area contributed by atoms with Gasteiger partial charge in [0.2, 0.25) is 0 Å². The summed E-state index contributed by atoms with van der Waals surface area (Å²) in [5, 5.41) is 0. The van der Waals surface area contributed by atoms with Gasteiger partial charge in [-0.15, -0.1) is 0 Å². The summed E-state index contributed by atoms with van der Waals surface area (Å²) in [4.78, 5) is 0. The minimum atomic E-state index is 0. The molecule has 0 saturated carbocycles. The fourth-order valence-corrected chi connectivity index (χ4v) is 0. The van der Waals surface area contributed by atoms with Crippen molar-refractivity contribution in [3.05, 3.63) is 0 Å². The van der Waals surface area contributed by atoms with Gasteiger partial charge in [0.25, 0.3) is 0 Å². The molecule has 0 aromatic rings. The van der Waals surface area contributed by atoms with Crippen LogP contribution in [0.1, 0.15) is 0 Å². The summed E-state index contributed by atoms with van der Waals surface area (Å²) in [7, 11) is 0. The van der Waals surface area contributed by atoms with Crippen LogP contribution in [0.5, 0.6) is 0 Å². The standard InChI is InChI=1S/BH3.In.H3N.Pd.H4Si.3H/h1H3;;1H3;;1H4;;;. The third kappa shape index (κ3) is 26.1. The van der Waals surface area contributed by atoms with E-state index in [1.807, 2.05) is 0 Å². The van der Waals surface area contributed by atoms with Crippen molar-refractivity contribution < 1.29 is 20.4 Å². The van der Waals surface area contributed by atoms with E-state index in [4.69, 9.17) is 0 Å². The van der Waals surface area contributed by atoms with Crippen molar-refractivity contribution in [3.8, 4) is 0 Å². The zero-order valence-corrected chi connectivity index (χ0v) is 2.58. The van der Waals surface area contributed by atoms with E-state index in [2.05, 4.69) is 0 Å². The summed E-state index contributed by atoms with van der Waals surface area (Å²) in [6.45, 7) is 0. The van der Waals surface area contributed by atoms with Gasteiger partial charge in [-0.2, -0.15) is 0 Å². The third-order valence-corrected chi connectivity index (χ3v) is 0. The van der Waals surface area contributed by atoms with Crippen molar-refractivity contribution in [1.29, 1.82) is 0 Å². The molecule has 0 heterocycles. The molecule has 0 aromatic heterocycles. The van der Waals surface area contributed by atoms with Gasteiger partial charge in [-0.1, -0.05) is 0 Å². The van der Waals surface area contributed by atoms with Crippen LogP contribution in [0, 0.1) is 0 Å². The molecule has 0 bridgehead atoms. The number of rotatable bonds is 0. The summed E-state index contributed by atoms with van der Waals surface area (Å²) >= 11 is 0. The molecule has 5 heteroatoms. The van der Waals surface area contributed by atoms with Crippen LogP contribution in [0.3, 0.4) is 0 Å². The third-order valence-electron chi connectivity index (χ3n) is 0. The van der Waals surface area contributed by atoms with E-state index in [1.165, 1.54) is 0 Å². The van der Waals surface area contributed by atoms with E-state index in [-0.39, 0.29) is 71.8 Å². The van der Waals surface area contributed by atoms with Gasteiger partial charge in [0, 0.05) is 20.4 Å². The zero-order valence-electron chi connectivity index (χ0n) is 1.02. The molecule has 5 heavy (non-hydrogen) atoms. The first-order valence-corrected chi connectivity index (χ1v) is 0. The monoisotopic (exact) mass is 287 g/mol. The Hall–Kier alpha value is 1.77. The Kier molecular flexibility index (Phi) is 600. The Balaban J connectivity index is 0. The SMILES string of the molecule is B.N.[InH3].[Pd].[SiH4]. The van der Waals surface area contributed by atoms with E-state index in [1.54, 1.807) is 0 Å². The Morgan fingerprint density at radius 2 is 1.00 bits per heavy atom. The molecule has 0 radical (unpaired) electrons. The van der Waals surface area contributed by atoms with Crippen LogP contribution in [0.4, 0.5) is 0 Å². The molecule has 0 aliphatic rings. The van der Waals surface area contributed by atoms with E-state index < -0.39 is 0 Å². The van der Waals surface area contributed by atoms with Crippen LogP contribution < -0.4 is 6.15 Å². The van der Waals surface area contributed by atoms with Crippen LogP contribution in [0.2, 0.25) is 0 Å². The molecule has 0 spiro atoms. The molecule has 0 rings (SSSR count). The average molecular weight is 287 g/mol. The van der Waals surface area contributed by atoms with Crippen LogP contribution in [-0.2, 0) is 20.4 Å². The van der Waals surface area contributed by atoms with Gasteiger partial charge in [0.15, 0.2) is 0 Å². The van der Waals surface area contributed by atoms with E-state index in [9.17, 15) is 0 Å². The van der Waals surface area contributed by atoms with Crippen molar-refractivity contribution in [1.82, 2.24) is 6.15 Å². The molecule has 0 amide bonds. The van der Waals surface area contributed by atoms with E-state index in [0.717, 1.165) is 0 Å². The molecule has 0 aliphatic heterocycles. The normalized spacial score (nSPS) is 0. The summed E-state index contributed by atoms with van der Waals surface area (Å²) < 4.78 is 0. The maximum absolute atomic E-state index is 0. The summed E-state index contributed by atoms with van der Waals surface area (Å²) in [5.41, 5.74) is 0.